The Labute approximate surface area is 331 Å². The van der Waals surface area contributed by atoms with Gasteiger partial charge in [0.1, 0.15) is 6.04 Å². The Morgan fingerprint density at radius 3 is 2.28 bits per heavy atom. The van der Waals surface area contributed by atoms with Crippen molar-refractivity contribution in [3.05, 3.63) is 81.1 Å². The van der Waals surface area contributed by atoms with E-state index in [2.05, 4.69) is 59.9 Å². The molecule has 288 valence electrons. The molecule has 1 heterocycles. The number of nitrogens with zero attached hydrogens (tertiary/aromatic N) is 2. The average Bonchev–Trinajstić information content (AvgIpc) is 3.13. The van der Waals surface area contributed by atoms with E-state index in [1.165, 1.54) is 12.7 Å². The third-order valence-electron chi connectivity index (χ3n) is 16.6. The van der Waals surface area contributed by atoms with Crippen LogP contribution >= 0.6 is 23.2 Å². The molecule has 1 unspecified atom stereocenters. The second-order valence-electron chi connectivity index (χ2n) is 19.2. The Balaban J connectivity index is 1.17. The van der Waals surface area contributed by atoms with E-state index in [0.29, 0.717) is 40.1 Å². The van der Waals surface area contributed by atoms with Gasteiger partial charge in [-0.25, -0.2) is 14.8 Å². The zero-order valence-corrected chi connectivity index (χ0v) is 34.8. The molecule has 0 bridgehead atoms. The number of hydrogen-bond acceptors (Lipinski definition) is 5. The molecule has 0 saturated heterocycles. The molecule has 1 N–H and O–H groups in total. The monoisotopic (exact) mass is 769 g/mol. The predicted molar refractivity (Wildman–Crippen MR) is 216 cm³/mol. The van der Waals surface area contributed by atoms with E-state index in [-0.39, 0.29) is 33.5 Å². The highest BCUT2D eigenvalue weighted by molar-refractivity contribution is 6.42. The van der Waals surface area contributed by atoms with Crippen molar-refractivity contribution in [2.45, 2.75) is 118 Å². The van der Waals surface area contributed by atoms with Crippen LogP contribution in [-0.2, 0) is 32.6 Å². The summed E-state index contributed by atoms with van der Waals surface area (Å²) in [5.41, 5.74) is 5.60. The molecule has 0 spiro atoms. The number of halogens is 2. The van der Waals surface area contributed by atoms with E-state index in [1.807, 2.05) is 42.5 Å². The number of benzene rings is 2. The lowest BCUT2D eigenvalue weighted by molar-refractivity contribution is -0.171. The van der Waals surface area contributed by atoms with Crippen molar-refractivity contribution in [1.29, 1.82) is 0 Å². The topological polar surface area (TPSA) is 81.2 Å². The largest absolute Gasteiger partial charge is 0.467 e. The van der Waals surface area contributed by atoms with Crippen LogP contribution in [0.3, 0.4) is 0 Å². The predicted octanol–water partition coefficient (Wildman–Crippen LogP) is 10.5. The fourth-order valence-corrected chi connectivity index (χ4v) is 13.7. The summed E-state index contributed by atoms with van der Waals surface area (Å²) in [7, 11) is 1.41. The first kappa shape index (κ1) is 37.9. The number of methoxy groups -OCH3 is 1. The highest BCUT2D eigenvalue weighted by atomic mass is 35.5. The number of fused-ring (bicyclic) bond motifs is 9. The number of rotatable bonds is 5. The number of amides is 1. The van der Waals surface area contributed by atoms with Gasteiger partial charge in [0.15, 0.2) is 0 Å². The zero-order valence-electron chi connectivity index (χ0n) is 33.3. The number of carbonyl (C=O) groups is 2. The first-order valence-electron chi connectivity index (χ1n) is 20.3. The van der Waals surface area contributed by atoms with E-state index in [0.717, 1.165) is 79.4 Å². The number of nitrogens with one attached hydrogen (secondary N) is 1. The van der Waals surface area contributed by atoms with E-state index in [1.54, 1.807) is 0 Å². The smallest absolute Gasteiger partial charge is 0.328 e. The van der Waals surface area contributed by atoms with Crippen molar-refractivity contribution in [2.75, 3.05) is 7.11 Å². The lowest BCUT2D eigenvalue weighted by Gasteiger charge is -2.71. The van der Waals surface area contributed by atoms with Gasteiger partial charge in [-0.15, -0.1) is 0 Å². The molecule has 6 nitrogen and oxygen atoms in total. The summed E-state index contributed by atoms with van der Waals surface area (Å²) in [6.07, 6.45) is 10.8. The van der Waals surface area contributed by atoms with Gasteiger partial charge < -0.3 is 10.1 Å². The Bertz CT molecular complexity index is 2050. The van der Waals surface area contributed by atoms with Gasteiger partial charge in [0.25, 0.3) is 0 Å². The van der Waals surface area contributed by atoms with Gasteiger partial charge in [0.2, 0.25) is 5.91 Å². The first-order valence-corrected chi connectivity index (χ1v) is 21.0. The average molecular weight is 771 g/mol. The van der Waals surface area contributed by atoms with Crippen LogP contribution < -0.4 is 5.32 Å². The van der Waals surface area contributed by atoms with Crippen LogP contribution in [0.15, 0.2) is 54.1 Å². The molecule has 5 aliphatic rings. The minimum Gasteiger partial charge on any atom is -0.467 e. The van der Waals surface area contributed by atoms with Crippen molar-refractivity contribution in [2.24, 2.45) is 51.2 Å². The summed E-state index contributed by atoms with van der Waals surface area (Å²) in [6.45, 7) is 17.2. The molecule has 10 atom stereocenters. The molecule has 0 radical (unpaired) electrons. The minimum atomic E-state index is -0.730. The molecule has 5 aliphatic carbocycles. The molecular weight excluding hydrogens is 713 g/mol. The number of ether oxygens (including phenoxy) is 1. The second-order valence-corrected chi connectivity index (χ2v) is 20.0. The zero-order chi connectivity index (χ0) is 38.6. The van der Waals surface area contributed by atoms with Crippen LogP contribution in [0.2, 0.25) is 10.0 Å². The van der Waals surface area contributed by atoms with E-state index in [9.17, 15) is 9.59 Å². The molecule has 3 fully saturated rings. The van der Waals surface area contributed by atoms with Crippen molar-refractivity contribution in [1.82, 2.24) is 15.3 Å². The summed E-state index contributed by atoms with van der Waals surface area (Å²) in [5, 5.41) is 4.31. The number of aromatic nitrogens is 2. The number of esters is 1. The fraction of sp³-hybridized carbons (Fsp3) is 0.609. The van der Waals surface area contributed by atoms with Crippen LogP contribution in [0.5, 0.6) is 0 Å². The molecule has 8 rings (SSSR count). The third kappa shape index (κ3) is 5.38. The van der Waals surface area contributed by atoms with E-state index < -0.39 is 17.4 Å². The van der Waals surface area contributed by atoms with Crippen molar-refractivity contribution < 1.29 is 14.3 Å². The number of carbonyl (C=O) groups excluding carboxylic acids is 2. The minimum absolute atomic E-state index is 0.00960. The SMILES string of the molecule is COC(=O)C(Cc1ccccc1)NC(=O)[C@]12CC[C@@H](C)[C@H](C)[C@H]1C1=CC[C@@H]3[C@@]4(C)Cc5nc6cc(Cl)c(Cl)cc6nc5C(C)(C)[C@@H]4CC[C@@]3(C)[C@]1(C)CC2. The Morgan fingerprint density at radius 2 is 1.59 bits per heavy atom. The maximum Gasteiger partial charge on any atom is 0.328 e. The molecule has 1 amide bonds. The normalized spacial score (nSPS) is 37.0. The maximum atomic E-state index is 15.0. The van der Waals surface area contributed by atoms with Gasteiger partial charge in [-0.2, -0.15) is 0 Å². The molecular formula is C46H57Cl2N3O3. The van der Waals surface area contributed by atoms with Gasteiger partial charge >= 0.3 is 5.97 Å². The van der Waals surface area contributed by atoms with E-state index in [4.69, 9.17) is 37.9 Å². The lowest BCUT2D eigenvalue weighted by Crippen LogP contribution is -2.66. The highest BCUT2D eigenvalue weighted by Crippen LogP contribution is 2.75. The molecule has 3 aromatic rings. The van der Waals surface area contributed by atoms with Gasteiger partial charge in [-0.1, -0.05) is 114 Å². The molecule has 8 heteroatoms. The number of allylic oxidation sites excluding steroid dienone is 2. The summed E-state index contributed by atoms with van der Waals surface area (Å²) < 4.78 is 5.25. The third-order valence-corrected chi connectivity index (χ3v) is 17.3. The summed E-state index contributed by atoms with van der Waals surface area (Å²) >= 11 is 12.9. The lowest BCUT2D eigenvalue weighted by atomic mass is 9.33. The van der Waals surface area contributed by atoms with Gasteiger partial charge in [-0.05, 0) is 115 Å². The first-order chi connectivity index (χ1) is 25.5. The Hall–Kier alpha value is -2.96. The fourth-order valence-electron chi connectivity index (χ4n) is 13.4. The Morgan fingerprint density at radius 1 is 0.907 bits per heavy atom. The second kappa shape index (κ2) is 13.0. The quantitative estimate of drug-likeness (QED) is 0.206. The maximum absolute atomic E-state index is 15.0. The van der Waals surface area contributed by atoms with Crippen LogP contribution in [0.4, 0.5) is 0 Å². The van der Waals surface area contributed by atoms with Crippen LogP contribution in [-0.4, -0.2) is 35.0 Å². The van der Waals surface area contributed by atoms with Crippen LogP contribution in [0.25, 0.3) is 11.0 Å². The van der Waals surface area contributed by atoms with Gasteiger partial charge in [0, 0.05) is 11.8 Å². The van der Waals surface area contributed by atoms with E-state index >= 15 is 0 Å². The number of hydrogen-bond donors (Lipinski definition) is 1. The van der Waals surface area contributed by atoms with Crippen molar-refractivity contribution >= 4 is 46.1 Å². The highest BCUT2D eigenvalue weighted by Gasteiger charge is 2.69. The Kier molecular flexibility index (Phi) is 9.17. The van der Waals surface area contributed by atoms with Gasteiger partial charge in [0.05, 0.1) is 45.0 Å². The molecule has 0 aliphatic heterocycles. The van der Waals surface area contributed by atoms with Crippen LogP contribution in [0, 0.1) is 51.2 Å². The van der Waals surface area contributed by atoms with Crippen molar-refractivity contribution in [3.63, 3.8) is 0 Å². The molecule has 54 heavy (non-hydrogen) atoms. The van der Waals surface area contributed by atoms with Crippen molar-refractivity contribution in [3.8, 4) is 0 Å². The standard InChI is InChI=1S/C46H57Cl2N3O3/c1-26-16-19-46(41(53)51-34(40(52)54-8)22-28-12-10-9-11-13-28)21-20-44(6)29(38(46)27(26)2)14-15-37-43(5)25-35-39(42(3,4)36(43)17-18-45(37,44)7)50-33-24-31(48)30(47)23-32(33)49-35/h9-14,23-24,26-27,34,36-38H,15-22,25H2,1-8H3,(H,51,53)/t26-,27+,34?,36+,37-,38+,43+,44-,45-,46+/m1/s1. The summed E-state index contributed by atoms with van der Waals surface area (Å²) in [5.74, 6) is 1.51. The summed E-state index contributed by atoms with van der Waals surface area (Å²) in [4.78, 5) is 38.7. The van der Waals surface area contributed by atoms with Gasteiger partial charge in [-0.3, -0.25) is 4.79 Å². The summed E-state index contributed by atoms with van der Waals surface area (Å²) in [6, 6.07) is 12.9. The van der Waals surface area contributed by atoms with Crippen LogP contribution in [0.1, 0.15) is 110 Å². The molecule has 3 saturated carbocycles. The molecule has 2 aromatic carbocycles. The molecule has 1 aromatic heterocycles.